The standard InChI is InChI=1S/C22H21ClN4OS/c1-16-6-3-4-7-19(16)27-20(17-8-10-18(23)11-9-17)14-25-22(27)29-15-21(28)26(2)13-5-12-24/h3-4,6-11,14H,5,13,15H2,1-2H3. The number of halogens is 1. The lowest BCUT2D eigenvalue weighted by Crippen LogP contribution is -2.29. The highest BCUT2D eigenvalue weighted by atomic mass is 35.5. The lowest BCUT2D eigenvalue weighted by molar-refractivity contribution is -0.127. The lowest BCUT2D eigenvalue weighted by Gasteiger charge is -2.17. The summed E-state index contributed by atoms with van der Waals surface area (Å²) in [7, 11) is 1.72. The molecule has 2 aromatic carbocycles. The number of para-hydroxylation sites is 1. The number of nitriles is 1. The van der Waals surface area contributed by atoms with Crippen LogP contribution >= 0.6 is 23.4 Å². The fourth-order valence-electron chi connectivity index (χ4n) is 2.89. The van der Waals surface area contributed by atoms with Crippen molar-refractivity contribution in [3.8, 4) is 23.0 Å². The Morgan fingerprint density at radius 1 is 1.24 bits per heavy atom. The Bertz CT molecular complexity index is 1040. The summed E-state index contributed by atoms with van der Waals surface area (Å²) in [5.74, 6) is 0.225. The van der Waals surface area contributed by atoms with Crippen LogP contribution in [0.5, 0.6) is 0 Å². The van der Waals surface area contributed by atoms with Crippen LogP contribution in [0, 0.1) is 18.3 Å². The zero-order valence-corrected chi connectivity index (χ0v) is 17.9. The highest BCUT2D eigenvalue weighted by Gasteiger charge is 2.17. The van der Waals surface area contributed by atoms with Gasteiger partial charge in [-0.05, 0) is 30.7 Å². The van der Waals surface area contributed by atoms with Gasteiger partial charge in [0.25, 0.3) is 0 Å². The number of amides is 1. The third-order valence-corrected chi connectivity index (χ3v) is 5.72. The minimum Gasteiger partial charge on any atom is -0.344 e. The van der Waals surface area contributed by atoms with E-state index in [0.717, 1.165) is 27.7 Å². The molecular formula is C22H21ClN4OS. The molecule has 0 bridgehead atoms. The molecule has 0 aliphatic rings. The average molecular weight is 425 g/mol. The number of imidazole rings is 1. The van der Waals surface area contributed by atoms with Crippen LogP contribution in [-0.4, -0.2) is 39.7 Å². The molecular weight excluding hydrogens is 404 g/mol. The molecule has 1 aromatic heterocycles. The van der Waals surface area contributed by atoms with Crippen molar-refractivity contribution in [2.75, 3.05) is 19.3 Å². The van der Waals surface area contributed by atoms with E-state index in [1.54, 1.807) is 11.9 Å². The molecule has 0 N–H and O–H groups in total. The molecule has 148 valence electrons. The lowest BCUT2D eigenvalue weighted by atomic mass is 10.1. The summed E-state index contributed by atoms with van der Waals surface area (Å²) in [4.78, 5) is 18.6. The van der Waals surface area contributed by atoms with E-state index in [2.05, 4.69) is 28.6 Å². The van der Waals surface area contributed by atoms with E-state index >= 15 is 0 Å². The van der Waals surface area contributed by atoms with Gasteiger partial charge in [-0.25, -0.2) is 4.98 Å². The van der Waals surface area contributed by atoms with Crippen molar-refractivity contribution in [3.05, 3.63) is 65.3 Å². The van der Waals surface area contributed by atoms with Gasteiger partial charge in [0.05, 0.1) is 35.8 Å². The highest BCUT2D eigenvalue weighted by Crippen LogP contribution is 2.31. The third kappa shape index (κ3) is 5.00. The van der Waals surface area contributed by atoms with E-state index in [-0.39, 0.29) is 11.7 Å². The molecule has 0 aliphatic heterocycles. The Hall–Kier alpha value is -2.75. The predicted octanol–water partition coefficient (Wildman–Crippen LogP) is 4.97. The molecule has 0 fully saturated rings. The molecule has 0 spiro atoms. The van der Waals surface area contributed by atoms with Crippen molar-refractivity contribution >= 4 is 29.3 Å². The van der Waals surface area contributed by atoms with Gasteiger partial charge in [-0.1, -0.05) is 53.7 Å². The van der Waals surface area contributed by atoms with Crippen molar-refractivity contribution in [2.24, 2.45) is 0 Å². The highest BCUT2D eigenvalue weighted by molar-refractivity contribution is 7.99. The van der Waals surface area contributed by atoms with Gasteiger partial charge >= 0.3 is 0 Å². The van der Waals surface area contributed by atoms with E-state index in [0.29, 0.717) is 18.0 Å². The molecule has 1 amide bonds. The van der Waals surface area contributed by atoms with Crippen LogP contribution in [-0.2, 0) is 4.79 Å². The molecule has 1 heterocycles. The van der Waals surface area contributed by atoms with Crippen LogP contribution in [0.15, 0.2) is 59.9 Å². The van der Waals surface area contributed by atoms with Gasteiger partial charge in [-0.3, -0.25) is 9.36 Å². The van der Waals surface area contributed by atoms with Crippen LogP contribution in [0.25, 0.3) is 16.9 Å². The van der Waals surface area contributed by atoms with Gasteiger partial charge < -0.3 is 4.90 Å². The van der Waals surface area contributed by atoms with Gasteiger partial charge in [0, 0.05) is 24.2 Å². The Morgan fingerprint density at radius 3 is 2.66 bits per heavy atom. The number of hydrogen-bond acceptors (Lipinski definition) is 4. The van der Waals surface area contributed by atoms with Crippen molar-refractivity contribution in [2.45, 2.75) is 18.5 Å². The number of carbonyl (C=O) groups excluding carboxylic acids is 1. The molecule has 7 heteroatoms. The number of hydrogen-bond donors (Lipinski definition) is 0. The fraction of sp³-hybridized carbons (Fsp3) is 0.227. The first-order valence-electron chi connectivity index (χ1n) is 9.14. The van der Waals surface area contributed by atoms with E-state index in [1.165, 1.54) is 11.8 Å². The second-order valence-corrected chi connectivity index (χ2v) is 7.95. The maximum atomic E-state index is 12.4. The summed E-state index contributed by atoms with van der Waals surface area (Å²) < 4.78 is 2.08. The van der Waals surface area contributed by atoms with Crippen molar-refractivity contribution < 1.29 is 4.79 Å². The Morgan fingerprint density at radius 2 is 1.97 bits per heavy atom. The monoisotopic (exact) mass is 424 g/mol. The average Bonchev–Trinajstić information content (AvgIpc) is 3.14. The fourth-order valence-corrected chi connectivity index (χ4v) is 3.94. The number of carbonyl (C=O) groups is 1. The molecule has 0 unspecified atom stereocenters. The molecule has 0 saturated carbocycles. The number of aromatic nitrogens is 2. The minimum atomic E-state index is -0.0300. The van der Waals surface area contributed by atoms with Crippen LogP contribution < -0.4 is 0 Å². The van der Waals surface area contributed by atoms with Crippen LogP contribution in [0.2, 0.25) is 5.02 Å². The topological polar surface area (TPSA) is 61.9 Å². The van der Waals surface area contributed by atoms with Crippen molar-refractivity contribution in [1.82, 2.24) is 14.5 Å². The number of aryl methyl sites for hydroxylation is 1. The van der Waals surface area contributed by atoms with E-state index < -0.39 is 0 Å². The summed E-state index contributed by atoms with van der Waals surface area (Å²) in [5.41, 5.74) is 4.06. The number of nitrogens with zero attached hydrogens (tertiary/aromatic N) is 4. The van der Waals surface area contributed by atoms with E-state index in [9.17, 15) is 4.79 Å². The van der Waals surface area contributed by atoms with Gasteiger partial charge in [0.2, 0.25) is 5.91 Å². The molecule has 5 nitrogen and oxygen atoms in total. The predicted molar refractivity (Wildman–Crippen MR) is 117 cm³/mol. The Labute approximate surface area is 179 Å². The summed E-state index contributed by atoms with van der Waals surface area (Å²) >= 11 is 7.44. The van der Waals surface area contributed by atoms with Gasteiger partial charge in [-0.2, -0.15) is 5.26 Å². The first-order chi connectivity index (χ1) is 14.0. The third-order valence-electron chi connectivity index (χ3n) is 4.54. The molecule has 0 atom stereocenters. The van der Waals surface area contributed by atoms with E-state index in [4.69, 9.17) is 16.9 Å². The van der Waals surface area contributed by atoms with Crippen molar-refractivity contribution in [3.63, 3.8) is 0 Å². The molecule has 3 rings (SSSR count). The largest absolute Gasteiger partial charge is 0.344 e. The van der Waals surface area contributed by atoms with Gasteiger partial charge in [-0.15, -0.1) is 0 Å². The second kappa shape index (κ2) is 9.64. The van der Waals surface area contributed by atoms with E-state index in [1.807, 2.05) is 48.7 Å². The second-order valence-electron chi connectivity index (χ2n) is 6.57. The van der Waals surface area contributed by atoms with Crippen LogP contribution in [0.4, 0.5) is 0 Å². The molecule has 0 aliphatic carbocycles. The molecule has 0 radical (unpaired) electrons. The smallest absolute Gasteiger partial charge is 0.232 e. The summed E-state index contributed by atoms with van der Waals surface area (Å²) in [5, 5.41) is 10.1. The summed E-state index contributed by atoms with van der Waals surface area (Å²) in [6, 6.07) is 17.8. The number of rotatable bonds is 7. The summed E-state index contributed by atoms with van der Waals surface area (Å²) in [6.45, 7) is 2.48. The van der Waals surface area contributed by atoms with Crippen LogP contribution in [0.1, 0.15) is 12.0 Å². The quantitative estimate of drug-likeness (QED) is 0.502. The zero-order chi connectivity index (χ0) is 20.8. The first kappa shape index (κ1) is 21.0. The molecule has 3 aromatic rings. The van der Waals surface area contributed by atoms with Crippen molar-refractivity contribution in [1.29, 1.82) is 5.26 Å². The Kier molecular flexibility index (Phi) is 6.97. The Balaban J connectivity index is 1.94. The molecule has 29 heavy (non-hydrogen) atoms. The number of benzene rings is 2. The minimum absolute atomic E-state index is 0.0300. The summed E-state index contributed by atoms with van der Waals surface area (Å²) in [6.07, 6.45) is 2.15. The maximum absolute atomic E-state index is 12.4. The van der Waals surface area contributed by atoms with Gasteiger partial charge in [0.15, 0.2) is 5.16 Å². The SMILES string of the molecule is Cc1ccccc1-n1c(-c2ccc(Cl)cc2)cnc1SCC(=O)N(C)CCC#N. The van der Waals surface area contributed by atoms with Crippen LogP contribution in [0.3, 0.4) is 0 Å². The van der Waals surface area contributed by atoms with Gasteiger partial charge in [0.1, 0.15) is 0 Å². The normalized spacial score (nSPS) is 10.6. The first-order valence-corrected chi connectivity index (χ1v) is 10.5. The maximum Gasteiger partial charge on any atom is 0.232 e. The zero-order valence-electron chi connectivity index (χ0n) is 16.3. The molecule has 0 saturated heterocycles. The number of thioether (sulfide) groups is 1.